The summed E-state index contributed by atoms with van der Waals surface area (Å²) in [7, 11) is -3.93. The normalized spacial score (nSPS) is 16.4. The molecule has 0 spiro atoms. The van der Waals surface area contributed by atoms with E-state index < -0.39 is 57.1 Å². The van der Waals surface area contributed by atoms with E-state index in [-0.39, 0.29) is 0 Å². The van der Waals surface area contributed by atoms with Gasteiger partial charge in [-0.25, -0.2) is 8.78 Å². The lowest BCUT2D eigenvalue weighted by Gasteiger charge is -2.39. The van der Waals surface area contributed by atoms with Crippen molar-refractivity contribution >= 4 is 19.9 Å². The van der Waals surface area contributed by atoms with Crippen LogP contribution in [0, 0.1) is 0 Å². The van der Waals surface area contributed by atoms with E-state index in [1.165, 1.54) is 0 Å². The Balaban J connectivity index is 5.78. The van der Waals surface area contributed by atoms with Gasteiger partial charge in [0.05, 0.1) is 0 Å². The van der Waals surface area contributed by atoms with E-state index in [0.717, 1.165) is 0 Å². The second-order valence-electron chi connectivity index (χ2n) is 4.38. The summed E-state index contributed by atoms with van der Waals surface area (Å²) < 4.78 is 164. The third-order valence-electron chi connectivity index (χ3n) is 2.60. The highest BCUT2D eigenvalue weighted by atomic mass is 35.6. The van der Waals surface area contributed by atoms with Gasteiger partial charge in [-0.15, -0.1) is 0 Å². The molecule has 0 saturated heterocycles. The molecule has 23 heavy (non-hydrogen) atoms. The van der Waals surface area contributed by atoms with E-state index in [2.05, 4.69) is 11.1 Å². The molecule has 0 nitrogen and oxygen atoms in total. The lowest BCUT2D eigenvalue weighted by atomic mass is 9.95. The molecular weight excluding hydrogens is 407 g/mol. The molecule has 0 fully saturated rings. The monoisotopic (exact) mass is 412 g/mol. The summed E-state index contributed by atoms with van der Waals surface area (Å²) in [6, 6.07) is 0. The molecule has 0 heterocycles. The molecule has 0 aliphatic heterocycles. The van der Waals surface area contributed by atoms with Crippen LogP contribution in [0.1, 0.15) is 12.8 Å². The van der Waals surface area contributed by atoms with Gasteiger partial charge in [-0.2, -0.15) is 59.4 Å². The molecule has 0 amide bonds. The fraction of sp³-hybridized carbons (Fsp3) is 1.00. The van der Waals surface area contributed by atoms with E-state index in [9.17, 15) is 57.1 Å². The van der Waals surface area contributed by atoms with Crippen LogP contribution in [0.2, 0.25) is 0 Å². The van der Waals surface area contributed by atoms with Gasteiger partial charge < -0.3 is 0 Å². The summed E-state index contributed by atoms with van der Waals surface area (Å²) >= 11 is 4.36. The first-order valence-electron chi connectivity index (χ1n) is 5.28. The average molecular weight is 413 g/mol. The van der Waals surface area contributed by atoms with E-state index in [1.807, 2.05) is 0 Å². The van der Waals surface area contributed by atoms with Crippen LogP contribution in [0.25, 0.3) is 0 Å². The third-order valence-corrected chi connectivity index (χ3v) is 4.38. The summed E-state index contributed by atoms with van der Waals surface area (Å²) in [5.41, 5.74) is -5.89. The predicted octanol–water partition coefficient (Wildman–Crippen LogP) is 4.79. The number of rotatable bonds is 7. The smallest absolute Gasteiger partial charge is 0.204 e. The third kappa shape index (κ3) is 3.99. The molecule has 0 aromatic carbocycles. The maximum Gasteiger partial charge on any atom is 0.389 e. The van der Waals surface area contributed by atoms with Gasteiger partial charge in [0.15, 0.2) is 0 Å². The molecule has 140 valence electrons. The zero-order valence-electron chi connectivity index (χ0n) is 10.4. The van der Waals surface area contributed by atoms with Crippen molar-refractivity contribution in [2.45, 2.75) is 48.3 Å². The SMILES string of the molecule is FC(F)(F)CCC(F)(F)C(F)(F)C(F)(F)C(F)(F)C(F)(F)[SiH2]Cl. The van der Waals surface area contributed by atoms with Crippen molar-refractivity contribution in [1.29, 1.82) is 0 Å². The van der Waals surface area contributed by atoms with Crippen molar-refractivity contribution in [2.24, 2.45) is 0 Å². The van der Waals surface area contributed by atoms with Crippen LogP contribution in [0.4, 0.5) is 57.1 Å². The molecule has 0 rings (SSSR count). The topological polar surface area (TPSA) is 0 Å². The molecule has 0 atom stereocenters. The Morgan fingerprint density at radius 3 is 1.26 bits per heavy atom. The molecule has 0 bridgehead atoms. The molecule has 0 unspecified atom stereocenters. The highest BCUT2D eigenvalue weighted by molar-refractivity contribution is 6.95. The molecule has 0 aliphatic carbocycles. The van der Waals surface area contributed by atoms with Crippen LogP contribution >= 0.6 is 11.1 Å². The first-order valence-corrected chi connectivity index (χ1v) is 8.13. The lowest BCUT2D eigenvalue weighted by Crippen LogP contribution is -2.68. The highest BCUT2D eigenvalue weighted by Crippen LogP contribution is 2.58. The van der Waals surface area contributed by atoms with Gasteiger partial charge in [0.2, 0.25) is 8.83 Å². The van der Waals surface area contributed by atoms with Gasteiger partial charge in [0.1, 0.15) is 0 Å². The first kappa shape index (κ1) is 22.6. The quantitative estimate of drug-likeness (QED) is 0.321. The minimum Gasteiger partial charge on any atom is -0.204 e. The van der Waals surface area contributed by atoms with Crippen LogP contribution in [0.3, 0.4) is 0 Å². The van der Waals surface area contributed by atoms with E-state index in [1.54, 1.807) is 0 Å². The minimum atomic E-state index is -7.35. The predicted molar refractivity (Wildman–Crippen MR) is 54.4 cm³/mol. The molecular formula is C8H6ClF13Si. The Labute approximate surface area is 126 Å². The second-order valence-corrected chi connectivity index (χ2v) is 6.34. The van der Waals surface area contributed by atoms with Crippen molar-refractivity contribution in [3.05, 3.63) is 0 Å². The largest absolute Gasteiger partial charge is 0.389 e. The first-order chi connectivity index (χ1) is 9.77. The lowest BCUT2D eigenvalue weighted by molar-refractivity contribution is -0.391. The summed E-state index contributed by atoms with van der Waals surface area (Å²) in [5, 5.41) is 0. The molecule has 0 aromatic heterocycles. The van der Waals surface area contributed by atoms with Crippen LogP contribution in [0.15, 0.2) is 0 Å². The summed E-state index contributed by atoms with van der Waals surface area (Å²) in [6.45, 7) is 0. The average Bonchev–Trinajstić information content (AvgIpc) is 2.34. The van der Waals surface area contributed by atoms with Crippen molar-refractivity contribution < 1.29 is 57.1 Å². The van der Waals surface area contributed by atoms with Crippen LogP contribution in [0.5, 0.6) is 0 Å². The van der Waals surface area contributed by atoms with E-state index in [4.69, 9.17) is 0 Å². The van der Waals surface area contributed by atoms with Gasteiger partial charge in [0, 0.05) is 12.8 Å². The Kier molecular flexibility index (Phi) is 6.04. The fourth-order valence-corrected chi connectivity index (χ4v) is 2.09. The Hall–Kier alpha value is -0.403. The van der Waals surface area contributed by atoms with E-state index >= 15 is 0 Å². The maximum atomic E-state index is 13.0. The summed E-state index contributed by atoms with van der Waals surface area (Å²) in [4.78, 5) is 0. The van der Waals surface area contributed by atoms with Crippen LogP contribution in [-0.2, 0) is 0 Å². The number of hydrogen-bond donors (Lipinski definition) is 0. The summed E-state index contributed by atoms with van der Waals surface area (Å²) in [5.74, 6) is -27.8. The zero-order chi connectivity index (χ0) is 19.1. The zero-order valence-corrected chi connectivity index (χ0v) is 12.6. The minimum absolute atomic E-state index is 2.72. The Morgan fingerprint density at radius 2 is 0.957 bits per heavy atom. The maximum absolute atomic E-state index is 13.0. The van der Waals surface area contributed by atoms with E-state index in [0.29, 0.717) is 0 Å². The van der Waals surface area contributed by atoms with Crippen molar-refractivity contribution in [3.8, 4) is 0 Å². The molecule has 0 aliphatic rings. The standard InChI is InChI=1S/C8H6ClF13Si/c9-23-8(21,22)7(19,20)6(17,18)5(15,16)3(10,11)1-2-4(12,13)14/h1-2,23H2. The molecule has 15 heteroatoms. The van der Waals surface area contributed by atoms with Gasteiger partial charge in [0.25, 0.3) is 0 Å². The van der Waals surface area contributed by atoms with Crippen molar-refractivity contribution in [3.63, 3.8) is 0 Å². The van der Waals surface area contributed by atoms with Crippen molar-refractivity contribution in [2.75, 3.05) is 0 Å². The van der Waals surface area contributed by atoms with Gasteiger partial charge in [-0.1, -0.05) is 0 Å². The number of halogens is 14. The molecule has 0 radical (unpaired) electrons. The molecule has 0 N–H and O–H groups in total. The van der Waals surface area contributed by atoms with Crippen LogP contribution < -0.4 is 0 Å². The van der Waals surface area contributed by atoms with Gasteiger partial charge in [-0.3, -0.25) is 0 Å². The number of hydrogen-bond acceptors (Lipinski definition) is 0. The molecule has 0 saturated carbocycles. The second kappa shape index (κ2) is 6.15. The van der Waals surface area contributed by atoms with Gasteiger partial charge >= 0.3 is 35.4 Å². The van der Waals surface area contributed by atoms with Gasteiger partial charge in [-0.05, 0) is 0 Å². The van der Waals surface area contributed by atoms with Crippen molar-refractivity contribution in [1.82, 2.24) is 0 Å². The van der Waals surface area contributed by atoms with Crippen LogP contribution in [-0.4, -0.2) is 44.2 Å². The molecule has 0 aromatic rings. The number of alkyl halides is 13. The summed E-state index contributed by atoms with van der Waals surface area (Å²) in [6.07, 6.45) is -11.2. The fourth-order valence-electron chi connectivity index (χ4n) is 1.20. The highest BCUT2D eigenvalue weighted by Gasteiger charge is 2.85. The Bertz CT molecular complexity index is 415. The Morgan fingerprint density at radius 1 is 0.565 bits per heavy atom.